The van der Waals surface area contributed by atoms with E-state index in [-0.39, 0.29) is 38.1 Å². The first kappa shape index (κ1) is 52.0. The molecule has 0 saturated carbocycles. The Bertz CT molecular complexity index is 950. The molecule has 0 aromatic heterocycles. The van der Waals surface area contributed by atoms with E-state index in [2.05, 4.69) is 4.52 Å². The van der Waals surface area contributed by atoms with Crippen LogP contribution in [0.3, 0.4) is 0 Å². The zero-order valence-corrected chi connectivity index (χ0v) is 37.7. The van der Waals surface area contributed by atoms with Crippen LogP contribution in [0, 0.1) is 0 Å². The molecule has 11 heteroatoms. The van der Waals surface area contributed by atoms with Crippen molar-refractivity contribution >= 4 is 7.82 Å². The maximum atomic E-state index is 11.5. The van der Waals surface area contributed by atoms with E-state index < -0.39 is 19.4 Å². The Labute approximate surface area is 344 Å². The van der Waals surface area contributed by atoms with E-state index in [0.717, 1.165) is 32.3 Å². The van der Waals surface area contributed by atoms with Gasteiger partial charge < -0.3 is 33.7 Å². The van der Waals surface area contributed by atoms with Crippen LogP contribution in [0.2, 0.25) is 0 Å². The molecule has 2 rings (SSSR count). The van der Waals surface area contributed by atoms with Gasteiger partial charge in [-0.15, -0.1) is 0 Å². The Morgan fingerprint density at radius 1 is 0.500 bits per heavy atom. The summed E-state index contributed by atoms with van der Waals surface area (Å²) >= 11 is 0. The third-order valence-electron chi connectivity index (χ3n) is 11.2. The minimum Gasteiger partial charge on any atom is -0.394 e. The van der Waals surface area contributed by atoms with Crippen molar-refractivity contribution in [3.8, 4) is 0 Å². The molecule has 0 spiro atoms. The van der Waals surface area contributed by atoms with E-state index >= 15 is 0 Å². The summed E-state index contributed by atoms with van der Waals surface area (Å²) in [5, 5.41) is 8.64. The standard InChI is InChI=1S/C45H89O10P/c1-44(2)50-40-42(53-44)43-41(54-45(3,4)55-43)39-49-36-33-31-29-27-25-23-21-19-17-15-13-11-9-7-5-6-8-10-12-14-16-18-20-22-24-26-28-30-32-34-37-51-56(47,48)52-38-35-46/h41-43,46H,5-40H2,1-4H3,(H,47,48)/t41-,42-,43+/m1/s1. The van der Waals surface area contributed by atoms with Crippen LogP contribution in [0.4, 0.5) is 0 Å². The molecule has 2 N–H and O–H groups in total. The highest BCUT2D eigenvalue weighted by Crippen LogP contribution is 2.43. The molecule has 2 aliphatic rings. The van der Waals surface area contributed by atoms with E-state index in [9.17, 15) is 9.46 Å². The molecule has 2 aliphatic heterocycles. The first-order valence-electron chi connectivity index (χ1n) is 23.5. The number of rotatable bonds is 40. The van der Waals surface area contributed by atoms with Gasteiger partial charge in [0, 0.05) is 6.61 Å². The smallest absolute Gasteiger partial charge is 0.394 e. The number of aliphatic hydroxyl groups is 1. The minimum absolute atomic E-state index is 0.124. The van der Waals surface area contributed by atoms with Crippen LogP contribution in [0.5, 0.6) is 0 Å². The lowest BCUT2D eigenvalue weighted by molar-refractivity contribution is -0.175. The maximum Gasteiger partial charge on any atom is 0.472 e. The average Bonchev–Trinajstić information content (AvgIpc) is 3.68. The van der Waals surface area contributed by atoms with Gasteiger partial charge in [0.2, 0.25) is 0 Å². The predicted octanol–water partition coefficient (Wildman–Crippen LogP) is 12.5. The van der Waals surface area contributed by atoms with Crippen molar-refractivity contribution in [1.29, 1.82) is 0 Å². The fourth-order valence-electron chi connectivity index (χ4n) is 8.01. The van der Waals surface area contributed by atoms with Crippen LogP contribution in [0.25, 0.3) is 0 Å². The molecular weight excluding hydrogens is 731 g/mol. The maximum absolute atomic E-state index is 11.5. The molecule has 0 bridgehead atoms. The number of ether oxygens (including phenoxy) is 5. The summed E-state index contributed by atoms with van der Waals surface area (Å²) in [5.41, 5.74) is 0. The molecule has 0 aliphatic carbocycles. The zero-order valence-electron chi connectivity index (χ0n) is 36.8. The Morgan fingerprint density at radius 3 is 1.21 bits per heavy atom. The number of aliphatic hydroxyl groups excluding tert-OH is 1. The number of hydrogen-bond acceptors (Lipinski definition) is 9. The highest BCUT2D eigenvalue weighted by molar-refractivity contribution is 7.47. The summed E-state index contributed by atoms with van der Waals surface area (Å²) in [4.78, 5) is 9.39. The van der Waals surface area contributed by atoms with E-state index in [1.54, 1.807) is 0 Å². The van der Waals surface area contributed by atoms with E-state index in [1.165, 1.54) is 167 Å². The largest absolute Gasteiger partial charge is 0.472 e. The Morgan fingerprint density at radius 2 is 0.857 bits per heavy atom. The lowest BCUT2D eigenvalue weighted by atomic mass is 10.0. The predicted molar refractivity (Wildman–Crippen MR) is 227 cm³/mol. The molecule has 2 saturated heterocycles. The SMILES string of the molecule is CC1(C)OC[C@H]([C@H]2OC(C)(C)O[C@@H]2COCCCCCCCCCCCCCCCCCCCCCCCCCCCCCCCCOP(=O)(O)OCCO)O1. The number of hydrogen-bond donors (Lipinski definition) is 2. The zero-order chi connectivity index (χ0) is 40.6. The first-order chi connectivity index (χ1) is 27.0. The highest BCUT2D eigenvalue weighted by atomic mass is 31.2. The van der Waals surface area contributed by atoms with Gasteiger partial charge in [0.1, 0.15) is 18.3 Å². The van der Waals surface area contributed by atoms with E-state index in [1.807, 2.05) is 27.7 Å². The van der Waals surface area contributed by atoms with Gasteiger partial charge in [-0.1, -0.05) is 180 Å². The summed E-state index contributed by atoms with van der Waals surface area (Å²) in [7, 11) is -3.99. The third kappa shape index (κ3) is 28.4. The summed E-state index contributed by atoms with van der Waals surface area (Å²) in [6.45, 7) is 9.39. The van der Waals surface area contributed by atoms with Crippen LogP contribution in [0.15, 0.2) is 0 Å². The van der Waals surface area contributed by atoms with Crippen LogP contribution < -0.4 is 0 Å². The normalized spacial score (nSPS) is 21.6. The van der Waals surface area contributed by atoms with Crippen LogP contribution in [0.1, 0.15) is 220 Å². The van der Waals surface area contributed by atoms with Crippen molar-refractivity contribution in [3.63, 3.8) is 0 Å². The fourth-order valence-corrected chi connectivity index (χ4v) is 8.76. The third-order valence-corrected chi connectivity index (χ3v) is 12.2. The molecule has 334 valence electrons. The van der Waals surface area contributed by atoms with Gasteiger partial charge in [-0.3, -0.25) is 9.05 Å². The summed E-state index contributed by atoms with van der Waals surface area (Å²) in [6.07, 6.45) is 39.5. The molecule has 2 heterocycles. The summed E-state index contributed by atoms with van der Waals surface area (Å²) in [5.74, 6) is -1.19. The molecule has 4 atom stereocenters. The fraction of sp³-hybridized carbons (Fsp3) is 1.00. The average molecular weight is 821 g/mol. The molecule has 0 aromatic carbocycles. The van der Waals surface area contributed by atoms with Crippen LogP contribution in [-0.4, -0.2) is 79.5 Å². The quantitative estimate of drug-likeness (QED) is 0.0456. The molecule has 56 heavy (non-hydrogen) atoms. The molecule has 0 amide bonds. The lowest BCUT2D eigenvalue weighted by Gasteiger charge is -2.23. The van der Waals surface area contributed by atoms with Gasteiger partial charge in [-0.2, -0.15) is 0 Å². The van der Waals surface area contributed by atoms with Crippen molar-refractivity contribution in [2.45, 2.75) is 250 Å². The van der Waals surface area contributed by atoms with Crippen molar-refractivity contribution in [2.24, 2.45) is 0 Å². The number of phosphoric ester groups is 1. The highest BCUT2D eigenvalue weighted by Gasteiger charge is 2.49. The molecule has 0 radical (unpaired) electrons. The first-order valence-corrected chi connectivity index (χ1v) is 25.0. The molecule has 2 fully saturated rings. The Hall–Kier alpha value is -0.130. The summed E-state index contributed by atoms with van der Waals surface area (Å²) < 4.78 is 51.1. The minimum atomic E-state index is -3.99. The molecular formula is C45H89O10P. The van der Waals surface area contributed by atoms with Crippen molar-refractivity contribution in [1.82, 2.24) is 0 Å². The number of unbranched alkanes of at least 4 members (excludes halogenated alkanes) is 29. The molecule has 10 nitrogen and oxygen atoms in total. The lowest BCUT2D eigenvalue weighted by Crippen LogP contribution is -2.40. The van der Waals surface area contributed by atoms with Gasteiger partial charge in [-0.05, 0) is 40.5 Å². The van der Waals surface area contributed by atoms with Gasteiger partial charge in [0.05, 0.1) is 33.0 Å². The second-order valence-corrected chi connectivity index (χ2v) is 19.0. The second kappa shape index (κ2) is 32.6. The van der Waals surface area contributed by atoms with Gasteiger partial charge in [0.25, 0.3) is 0 Å². The molecule has 0 aromatic rings. The molecule has 1 unspecified atom stereocenters. The van der Waals surface area contributed by atoms with Gasteiger partial charge in [-0.25, -0.2) is 4.57 Å². The second-order valence-electron chi connectivity index (χ2n) is 17.5. The Kier molecular flexibility index (Phi) is 30.3. The topological polar surface area (TPSA) is 122 Å². The Balaban J connectivity index is 1.19. The van der Waals surface area contributed by atoms with Crippen LogP contribution in [-0.2, 0) is 37.3 Å². The van der Waals surface area contributed by atoms with E-state index in [4.69, 9.17) is 33.3 Å². The van der Waals surface area contributed by atoms with E-state index in [0.29, 0.717) is 13.2 Å². The van der Waals surface area contributed by atoms with Crippen molar-refractivity contribution in [2.75, 3.05) is 39.6 Å². The number of phosphoric acid groups is 1. The summed E-state index contributed by atoms with van der Waals surface area (Å²) in [6, 6.07) is 0. The van der Waals surface area contributed by atoms with Crippen LogP contribution >= 0.6 is 7.82 Å². The van der Waals surface area contributed by atoms with Gasteiger partial charge >= 0.3 is 7.82 Å². The van der Waals surface area contributed by atoms with Crippen molar-refractivity contribution < 1.29 is 47.3 Å². The van der Waals surface area contributed by atoms with Gasteiger partial charge in [0.15, 0.2) is 11.6 Å². The monoisotopic (exact) mass is 821 g/mol. The van der Waals surface area contributed by atoms with Crippen molar-refractivity contribution in [3.05, 3.63) is 0 Å².